The molecule has 2 aromatic rings. The summed E-state index contributed by atoms with van der Waals surface area (Å²) in [5, 5.41) is 5.31. The van der Waals surface area contributed by atoms with Crippen LogP contribution in [0.2, 0.25) is 0 Å². The van der Waals surface area contributed by atoms with E-state index in [1.54, 1.807) is 18.2 Å². The molecule has 1 heterocycles. The van der Waals surface area contributed by atoms with Crippen molar-refractivity contribution in [2.75, 3.05) is 13.2 Å². The molecule has 0 fully saturated rings. The van der Waals surface area contributed by atoms with Crippen LogP contribution in [0.1, 0.15) is 5.56 Å². The van der Waals surface area contributed by atoms with Crippen molar-refractivity contribution in [3.63, 3.8) is 0 Å². The van der Waals surface area contributed by atoms with Gasteiger partial charge in [0.2, 0.25) is 0 Å². The van der Waals surface area contributed by atoms with Crippen LogP contribution in [0.15, 0.2) is 48.5 Å². The number of ether oxygens (including phenoxy) is 2. The Morgan fingerprint density at radius 3 is 2.65 bits per heavy atom. The van der Waals surface area contributed by atoms with Crippen molar-refractivity contribution in [3.8, 4) is 11.5 Å². The molecule has 23 heavy (non-hydrogen) atoms. The van der Waals surface area contributed by atoms with Gasteiger partial charge in [-0.25, -0.2) is 9.18 Å². The van der Waals surface area contributed by atoms with Crippen molar-refractivity contribution in [1.29, 1.82) is 0 Å². The summed E-state index contributed by atoms with van der Waals surface area (Å²) in [4.78, 5) is 11.8. The summed E-state index contributed by atoms with van der Waals surface area (Å²) < 4.78 is 24.8. The van der Waals surface area contributed by atoms with Gasteiger partial charge in [0.05, 0.1) is 6.54 Å². The van der Waals surface area contributed by atoms with Gasteiger partial charge in [-0.2, -0.15) is 0 Å². The Morgan fingerprint density at radius 1 is 1.09 bits per heavy atom. The van der Waals surface area contributed by atoms with Gasteiger partial charge in [0.15, 0.2) is 17.6 Å². The number of carbonyl (C=O) groups excluding carboxylic acids is 1. The molecule has 1 aliphatic rings. The largest absolute Gasteiger partial charge is 0.486 e. The third-order valence-corrected chi connectivity index (χ3v) is 3.46. The second kappa shape index (κ2) is 7.00. The number of halogens is 1. The highest BCUT2D eigenvalue weighted by Crippen LogP contribution is 2.30. The van der Waals surface area contributed by atoms with Crippen LogP contribution < -0.4 is 20.1 Å². The lowest BCUT2D eigenvalue weighted by Gasteiger charge is -2.26. The summed E-state index contributed by atoms with van der Waals surface area (Å²) in [5.74, 6) is 1.03. The minimum Gasteiger partial charge on any atom is -0.486 e. The first-order chi connectivity index (χ1) is 11.2. The summed E-state index contributed by atoms with van der Waals surface area (Å²) in [6.45, 7) is 0.797. The van der Waals surface area contributed by atoms with E-state index in [0.717, 1.165) is 0 Å². The molecular weight excluding hydrogens is 299 g/mol. The summed E-state index contributed by atoms with van der Waals surface area (Å²) >= 11 is 0. The first-order valence-electron chi connectivity index (χ1n) is 7.36. The van der Waals surface area contributed by atoms with Crippen LogP contribution in [0.3, 0.4) is 0 Å². The van der Waals surface area contributed by atoms with E-state index in [9.17, 15) is 9.18 Å². The van der Waals surface area contributed by atoms with Crippen molar-refractivity contribution >= 4 is 6.03 Å². The van der Waals surface area contributed by atoms with E-state index < -0.39 is 0 Å². The SMILES string of the molecule is O=C(NCc1ccccc1F)NCC1COc2ccccc2O1. The van der Waals surface area contributed by atoms with Gasteiger partial charge in [-0.1, -0.05) is 30.3 Å². The first kappa shape index (κ1) is 15.1. The normalized spacial score (nSPS) is 15.8. The summed E-state index contributed by atoms with van der Waals surface area (Å²) in [6, 6.07) is 13.3. The van der Waals surface area contributed by atoms with Crippen molar-refractivity contribution < 1.29 is 18.7 Å². The number of urea groups is 1. The maximum Gasteiger partial charge on any atom is 0.315 e. The van der Waals surface area contributed by atoms with E-state index >= 15 is 0 Å². The maximum absolute atomic E-state index is 13.4. The zero-order valence-electron chi connectivity index (χ0n) is 12.4. The summed E-state index contributed by atoms with van der Waals surface area (Å²) in [5.41, 5.74) is 0.439. The first-order valence-corrected chi connectivity index (χ1v) is 7.36. The average molecular weight is 316 g/mol. The molecule has 1 aliphatic heterocycles. The molecule has 0 aliphatic carbocycles. The fraction of sp³-hybridized carbons (Fsp3) is 0.235. The Hall–Kier alpha value is -2.76. The van der Waals surface area contributed by atoms with E-state index in [1.165, 1.54) is 6.07 Å². The summed E-state index contributed by atoms with van der Waals surface area (Å²) in [6.07, 6.45) is -0.260. The van der Waals surface area contributed by atoms with E-state index in [4.69, 9.17) is 9.47 Å². The molecule has 5 nitrogen and oxygen atoms in total. The van der Waals surface area contributed by atoms with Crippen LogP contribution in [-0.2, 0) is 6.54 Å². The molecule has 0 saturated heterocycles. The minimum atomic E-state index is -0.379. The lowest BCUT2D eigenvalue weighted by Crippen LogP contribution is -2.44. The standard InChI is InChI=1S/C17H17FN2O3/c18-14-6-2-1-5-12(14)9-19-17(21)20-10-13-11-22-15-7-3-4-8-16(15)23-13/h1-8,13H,9-11H2,(H2,19,20,21). The van der Waals surface area contributed by atoms with Crippen LogP contribution >= 0.6 is 0 Å². The fourth-order valence-electron chi connectivity index (χ4n) is 2.25. The lowest BCUT2D eigenvalue weighted by atomic mass is 10.2. The molecule has 1 atom stereocenters. The monoisotopic (exact) mass is 316 g/mol. The topological polar surface area (TPSA) is 59.6 Å². The van der Waals surface area contributed by atoms with Gasteiger partial charge in [0.1, 0.15) is 12.4 Å². The number of carbonyl (C=O) groups is 1. The maximum atomic E-state index is 13.4. The van der Waals surface area contributed by atoms with Gasteiger partial charge in [-0.15, -0.1) is 0 Å². The Bertz CT molecular complexity index is 693. The van der Waals surface area contributed by atoms with Crippen LogP contribution in [0.5, 0.6) is 11.5 Å². The zero-order chi connectivity index (χ0) is 16.1. The molecule has 3 rings (SSSR count). The second-order valence-corrected chi connectivity index (χ2v) is 5.15. The van der Waals surface area contributed by atoms with Gasteiger partial charge >= 0.3 is 6.03 Å². The Kier molecular flexibility index (Phi) is 4.61. The quantitative estimate of drug-likeness (QED) is 0.911. The smallest absolute Gasteiger partial charge is 0.315 e. The predicted molar refractivity (Wildman–Crippen MR) is 83.0 cm³/mol. The second-order valence-electron chi connectivity index (χ2n) is 5.15. The Morgan fingerprint density at radius 2 is 1.83 bits per heavy atom. The molecule has 0 saturated carbocycles. The predicted octanol–water partition coefficient (Wildman–Crippen LogP) is 2.46. The van der Waals surface area contributed by atoms with Crippen molar-refractivity contribution in [3.05, 3.63) is 59.9 Å². The zero-order valence-corrected chi connectivity index (χ0v) is 12.4. The highest BCUT2D eigenvalue weighted by molar-refractivity contribution is 5.73. The molecular formula is C17H17FN2O3. The number of amides is 2. The number of hydrogen-bond donors (Lipinski definition) is 2. The van der Waals surface area contributed by atoms with Crippen LogP contribution in [-0.4, -0.2) is 25.3 Å². The number of rotatable bonds is 4. The van der Waals surface area contributed by atoms with Crippen LogP contribution in [0.25, 0.3) is 0 Å². The third-order valence-electron chi connectivity index (χ3n) is 3.46. The van der Waals surface area contributed by atoms with Crippen molar-refractivity contribution in [2.45, 2.75) is 12.6 Å². The third kappa shape index (κ3) is 3.91. The van der Waals surface area contributed by atoms with Crippen molar-refractivity contribution in [1.82, 2.24) is 10.6 Å². The number of fused-ring (bicyclic) bond motifs is 1. The molecule has 6 heteroatoms. The van der Waals surface area contributed by atoms with E-state index in [2.05, 4.69) is 10.6 Å². The molecule has 1 unspecified atom stereocenters. The van der Waals surface area contributed by atoms with Crippen LogP contribution in [0.4, 0.5) is 9.18 Å². The average Bonchev–Trinajstić information content (AvgIpc) is 2.59. The van der Waals surface area contributed by atoms with Gasteiger partial charge in [0, 0.05) is 12.1 Å². The Labute approximate surface area is 133 Å². The highest BCUT2D eigenvalue weighted by atomic mass is 19.1. The molecule has 2 N–H and O–H groups in total. The lowest BCUT2D eigenvalue weighted by molar-refractivity contribution is 0.0918. The molecule has 0 bridgehead atoms. The molecule has 0 radical (unpaired) electrons. The number of hydrogen-bond acceptors (Lipinski definition) is 3. The molecule has 120 valence electrons. The Balaban J connectivity index is 1.44. The molecule has 0 spiro atoms. The van der Waals surface area contributed by atoms with Crippen LogP contribution in [0, 0.1) is 5.82 Å². The van der Waals surface area contributed by atoms with E-state index in [-0.39, 0.29) is 24.5 Å². The van der Waals surface area contributed by atoms with E-state index in [0.29, 0.717) is 30.2 Å². The van der Waals surface area contributed by atoms with Gasteiger partial charge < -0.3 is 20.1 Å². The number of benzene rings is 2. The van der Waals surface area contributed by atoms with Gasteiger partial charge in [-0.05, 0) is 18.2 Å². The van der Waals surface area contributed by atoms with E-state index in [1.807, 2.05) is 24.3 Å². The number of nitrogens with one attached hydrogen (secondary N) is 2. The van der Waals surface area contributed by atoms with Gasteiger partial charge in [0.25, 0.3) is 0 Å². The highest BCUT2D eigenvalue weighted by Gasteiger charge is 2.20. The fourth-order valence-corrected chi connectivity index (χ4v) is 2.25. The molecule has 2 aromatic carbocycles. The summed E-state index contributed by atoms with van der Waals surface area (Å²) in [7, 11) is 0. The van der Waals surface area contributed by atoms with Gasteiger partial charge in [-0.3, -0.25) is 0 Å². The van der Waals surface area contributed by atoms with Crippen molar-refractivity contribution in [2.24, 2.45) is 0 Å². The molecule has 2 amide bonds. The molecule has 0 aromatic heterocycles. The number of para-hydroxylation sites is 2. The minimum absolute atomic E-state index is 0.128.